The van der Waals surface area contributed by atoms with E-state index in [1.165, 1.54) is 19.3 Å². The summed E-state index contributed by atoms with van der Waals surface area (Å²) < 4.78 is 0. The topological polar surface area (TPSA) is 40.5 Å². The summed E-state index contributed by atoms with van der Waals surface area (Å²) in [6.07, 6.45) is 6.13. The fraction of sp³-hybridized carbons (Fsp3) is 0.929. The smallest absolute Gasteiger partial charge is 0.233 e. The van der Waals surface area contributed by atoms with E-state index in [9.17, 15) is 4.79 Å². The van der Waals surface area contributed by atoms with Gasteiger partial charge in [0.1, 0.15) is 0 Å². The van der Waals surface area contributed by atoms with Gasteiger partial charge in [0.15, 0.2) is 0 Å². The first-order valence-electron chi connectivity index (χ1n) is 7.10. The van der Waals surface area contributed by atoms with Gasteiger partial charge in [-0.15, -0.1) is 11.8 Å². The molecule has 1 amide bonds. The lowest BCUT2D eigenvalue weighted by atomic mass is 9.93. The maximum absolute atomic E-state index is 12.3. The predicted molar refractivity (Wildman–Crippen MR) is 77.9 cm³/mol. The van der Waals surface area contributed by atoms with Crippen LogP contribution in [-0.2, 0) is 4.79 Å². The maximum Gasteiger partial charge on any atom is 0.233 e. The van der Waals surface area contributed by atoms with E-state index in [0.717, 1.165) is 12.8 Å². The summed E-state index contributed by atoms with van der Waals surface area (Å²) in [6, 6.07) is 0.724. The number of thioether (sulfide) groups is 1. The van der Waals surface area contributed by atoms with Gasteiger partial charge in [-0.1, -0.05) is 26.2 Å². The number of hydrogen-bond acceptors (Lipinski definition) is 3. The summed E-state index contributed by atoms with van der Waals surface area (Å²) in [5.74, 6) is 0.735. The average molecular weight is 273 g/mol. The molecule has 18 heavy (non-hydrogen) atoms. The molecule has 0 aromatic carbocycles. The largest absolute Gasteiger partial charge is 0.395 e. The third-order valence-electron chi connectivity index (χ3n) is 3.56. The first-order valence-corrected chi connectivity index (χ1v) is 8.14. The van der Waals surface area contributed by atoms with Crippen molar-refractivity contribution < 1.29 is 9.90 Å². The Balaban J connectivity index is 2.52. The Morgan fingerprint density at radius 2 is 1.89 bits per heavy atom. The van der Waals surface area contributed by atoms with Crippen LogP contribution in [-0.4, -0.2) is 45.6 Å². The van der Waals surface area contributed by atoms with Gasteiger partial charge in [0.25, 0.3) is 0 Å². The molecule has 1 N–H and O–H groups in total. The number of aliphatic hydroxyl groups is 1. The summed E-state index contributed by atoms with van der Waals surface area (Å²) in [6.45, 7) is 6.31. The van der Waals surface area contributed by atoms with Gasteiger partial charge in [-0.05, 0) is 26.7 Å². The Morgan fingerprint density at radius 1 is 1.28 bits per heavy atom. The van der Waals surface area contributed by atoms with Gasteiger partial charge in [0.05, 0.1) is 12.4 Å². The highest BCUT2D eigenvalue weighted by Gasteiger charge is 2.27. The molecule has 1 aliphatic carbocycles. The molecule has 0 aliphatic heterocycles. The minimum absolute atomic E-state index is 0.142. The van der Waals surface area contributed by atoms with E-state index < -0.39 is 0 Å². The van der Waals surface area contributed by atoms with Crippen LogP contribution in [0.3, 0.4) is 0 Å². The van der Waals surface area contributed by atoms with E-state index in [-0.39, 0.29) is 23.8 Å². The zero-order valence-electron chi connectivity index (χ0n) is 11.9. The molecule has 4 heteroatoms. The van der Waals surface area contributed by atoms with Gasteiger partial charge in [-0.3, -0.25) is 4.79 Å². The Kier molecular flexibility index (Phi) is 7.08. The summed E-state index contributed by atoms with van der Waals surface area (Å²) in [7, 11) is 0. The Bertz CT molecular complexity index is 252. The number of carbonyl (C=O) groups excluding carboxylic acids is 1. The van der Waals surface area contributed by atoms with Crippen LogP contribution in [0.25, 0.3) is 0 Å². The Hall–Kier alpha value is -0.220. The van der Waals surface area contributed by atoms with Crippen LogP contribution in [0.2, 0.25) is 0 Å². The normalized spacial score (nSPS) is 18.9. The Labute approximate surface area is 115 Å². The van der Waals surface area contributed by atoms with Crippen LogP contribution >= 0.6 is 11.8 Å². The average Bonchev–Trinajstić information content (AvgIpc) is 2.37. The van der Waals surface area contributed by atoms with Crippen molar-refractivity contribution in [2.45, 2.75) is 70.2 Å². The molecule has 106 valence electrons. The minimum atomic E-state index is 0.142. The number of carbonyl (C=O) groups is 1. The van der Waals surface area contributed by atoms with Gasteiger partial charge in [-0.2, -0.15) is 0 Å². The van der Waals surface area contributed by atoms with Gasteiger partial charge in [0.2, 0.25) is 5.91 Å². The van der Waals surface area contributed by atoms with Gasteiger partial charge < -0.3 is 10.0 Å². The molecule has 3 nitrogen and oxygen atoms in total. The number of nitrogens with zero attached hydrogens (tertiary/aromatic N) is 1. The molecule has 0 spiro atoms. The molecular formula is C14H27NO2S. The molecular weight excluding hydrogens is 246 g/mol. The summed E-state index contributed by atoms with van der Waals surface area (Å²) in [5, 5.41) is 9.15. The molecule has 1 atom stereocenters. The second kappa shape index (κ2) is 8.05. The molecule has 0 bridgehead atoms. The molecule has 1 aliphatic rings. The van der Waals surface area contributed by atoms with E-state index in [1.807, 2.05) is 6.92 Å². The highest BCUT2D eigenvalue weighted by atomic mass is 32.2. The molecule has 0 radical (unpaired) electrons. The molecule has 1 fully saturated rings. The van der Waals surface area contributed by atoms with Crippen molar-refractivity contribution in [3.63, 3.8) is 0 Å². The zero-order valence-corrected chi connectivity index (χ0v) is 12.7. The first-order chi connectivity index (χ1) is 8.56. The molecule has 0 aromatic rings. The number of aliphatic hydroxyl groups excluding tert-OH is 1. The van der Waals surface area contributed by atoms with Crippen molar-refractivity contribution in [3.05, 3.63) is 0 Å². The van der Waals surface area contributed by atoms with Crippen LogP contribution in [0.15, 0.2) is 0 Å². The molecule has 1 rings (SSSR count). The van der Waals surface area contributed by atoms with Crippen molar-refractivity contribution in [1.82, 2.24) is 4.90 Å². The lowest BCUT2D eigenvalue weighted by Gasteiger charge is -2.37. The molecule has 1 saturated carbocycles. The molecule has 0 aromatic heterocycles. The maximum atomic E-state index is 12.3. The second-order valence-corrected chi connectivity index (χ2v) is 6.92. The van der Waals surface area contributed by atoms with Crippen LogP contribution < -0.4 is 0 Å². The van der Waals surface area contributed by atoms with Gasteiger partial charge in [0, 0.05) is 17.3 Å². The highest BCUT2D eigenvalue weighted by Crippen LogP contribution is 2.25. The monoisotopic (exact) mass is 273 g/mol. The third-order valence-corrected chi connectivity index (χ3v) is 4.69. The van der Waals surface area contributed by atoms with Crippen molar-refractivity contribution in [2.24, 2.45) is 0 Å². The van der Waals surface area contributed by atoms with Crippen molar-refractivity contribution in [1.29, 1.82) is 0 Å². The van der Waals surface area contributed by atoms with Crippen LogP contribution in [0, 0.1) is 0 Å². The van der Waals surface area contributed by atoms with E-state index in [2.05, 4.69) is 18.7 Å². The van der Waals surface area contributed by atoms with E-state index in [0.29, 0.717) is 11.8 Å². The van der Waals surface area contributed by atoms with Crippen LogP contribution in [0.5, 0.6) is 0 Å². The number of hydrogen-bond donors (Lipinski definition) is 1. The SMILES string of the molecule is CC(CO)SCC(=O)N(C(C)C)C1CCCCC1. The second-order valence-electron chi connectivity index (χ2n) is 5.49. The summed E-state index contributed by atoms with van der Waals surface area (Å²) >= 11 is 1.55. The molecule has 0 heterocycles. The van der Waals surface area contributed by atoms with Crippen LogP contribution in [0.1, 0.15) is 52.9 Å². The third kappa shape index (κ3) is 4.81. The van der Waals surface area contributed by atoms with Crippen LogP contribution in [0.4, 0.5) is 0 Å². The number of amides is 1. The fourth-order valence-electron chi connectivity index (χ4n) is 2.61. The highest BCUT2D eigenvalue weighted by molar-refractivity contribution is 8.00. The van der Waals surface area contributed by atoms with Crippen molar-refractivity contribution >= 4 is 17.7 Å². The standard InChI is InChI=1S/C14H27NO2S/c1-11(2)15(13-7-5-4-6-8-13)14(17)10-18-12(3)9-16/h11-13,16H,4-10H2,1-3H3. The first kappa shape index (κ1) is 15.8. The zero-order chi connectivity index (χ0) is 13.5. The van der Waals surface area contributed by atoms with Gasteiger partial charge in [-0.25, -0.2) is 0 Å². The lowest BCUT2D eigenvalue weighted by Crippen LogP contribution is -2.46. The predicted octanol–water partition coefficient (Wildman–Crippen LogP) is 2.67. The Morgan fingerprint density at radius 3 is 2.39 bits per heavy atom. The van der Waals surface area contributed by atoms with Crippen molar-refractivity contribution in [2.75, 3.05) is 12.4 Å². The number of rotatable bonds is 6. The summed E-state index contributed by atoms with van der Waals surface area (Å²) in [4.78, 5) is 14.4. The fourth-order valence-corrected chi connectivity index (χ4v) is 3.29. The van der Waals surface area contributed by atoms with Crippen molar-refractivity contribution in [3.8, 4) is 0 Å². The van der Waals surface area contributed by atoms with Gasteiger partial charge >= 0.3 is 0 Å². The van der Waals surface area contributed by atoms with E-state index in [4.69, 9.17) is 5.11 Å². The molecule has 0 saturated heterocycles. The quantitative estimate of drug-likeness (QED) is 0.809. The summed E-state index contributed by atoms with van der Waals surface area (Å²) in [5.41, 5.74) is 0. The minimum Gasteiger partial charge on any atom is -0.395 e. The van der Waals surface area contributed by atoms with E-state index >= 15 is 0 Å². The molecule has 1 unspecified atom stereocenters. The van der Waals surface area contributed by atoms with E-state index in [1.54, 1.807) is 11.8 Å². The lowest BCUT2D eigenvalue weighted by molar-refractivity contribution is -0.133.